The van der Waals surface area contributed by atoms with E-state index in [0.29, 0.717) is 0 Å². The first-order chi connectivity index (χ1) is 21.8. The highest BCUT2D eigenvalue weighted by molar-refractivity contribution is 5.86. The van der Waals surface area contributed by atoms with Crippen LogP contribution in [0.3, 0.4) is 0 Å². The minimum Gasteiger partial charge on any atom is -0.0622 e. The van der Waals surface area contributed by atoms with Crippen molar-refractivity contribution in [2.24, 2.45) is 0 Å². The van der Waals surface area contributed by atoms with Crippen molar-refractivity contribution in [3.05, 3.63) is 202 Å². The van der Waals surface area contributed by atoms with Gasteiger partial charge in [0.25, 0.3) is 0 Å². The van der Waals surface area contributed by atoms with Gasteiger partial charge in [0, 0.05) is 55.6 Å². The van der Waals surface area contributed by atoms with E-state index in [9.17, 15) is 0 Å². The maximum absolute atomic E-state index is 3.45. The fourth-order valence-electron chi connectivity index (χ4n) is 4.70. The summed E-state index contributed by atoms with van der Waals surface area (Å²) in [5.41, 5.74) is 9.10. The molecule has 6 aromatic carbocycles. The first kappa shape index (κ1) is 27.7. The van der Waals surface area contributed by atoms with Crippen molar-refractivity contribution in [1.29, 1.82) is 0 Å². The smallest absolute Gasteiger partial charge is 0.0340 e. The van der Waals surface area contributed by atoms with E-state index in [0.717, 1.165) is 55.6 Å². The molecule has 0 spiro atoms. The molecule has 6 aromatic rings. The largest absolute Gasteiger partial charge is 0.0622 e. The summed E-state index contributed by atoms with van der Waals surface area (Å²) in [6.45, 7) is 0. The lowest BCUT2D eigenvalue weighted by atomic mass is 9.87. The van der Waals surface area contributed by atoms with Crippen LogP contribution < -0.4 is 0 Å². The summed E-state index contributed by atoms with van der Waals surface area (Å²) in [4.78, 5) is 0. The first-order valence-electron chi connectivity index (χ1n) is 14.4. The van der Waals surface area contributed by atoms with Gasteiger partial charge in [0.2, 0.25) is 0 Å². The number of rotatable bonds is 1. The molecular weight excluding hydrogens is 528 g/mol. The van der Waals surface area contributed by atoms with Crippen molar-refractivity contribution < 1.29 is 0 Å². The van der Waals surface area contributed by atoms with Crippen LogP contribution in [0.4, 0.5) is 0 Å². The molecule has 0 saturated carbocycles. The predicted molar refractivity (Wildman–Crippen MR) is 182 cm³/mol. The molecule has 0 N–H and O–H groups in total. The molecule has 0 aromatic heterocycles. The van der Waals surface area contributed by atoms with Crippen LogP contribution in [-0.2, 0) is 0 Å². The van der Waals surface area contributed by atoms with Crippen LogP contribution in [0.25, 0.3) is 11.1 Å². The van der Waals surface area contributed by atoms with E-state index in [-0.39, 0.29) is 0 Å². The fraction of sp³-hybridized carbons (Fsp3) is 0. The summed E-state index contributed by atoms with van der Waals surface area (Å²) < 4.78 is 0. The summed E-state index contributed by atoms with van der Waals surface area (Å²) >= 11 is 0. The highest BCUT2D eigenvalue weighted by atomic mass is 14.2. The van der Waals surface area contributed by atoms with Crippen molar-refractivity contribution >= 4 is 0 Å². The molecule has 0 saturated heterocycles. The number of benzene rings is 6. The lowest BCUT2D eigenvalue weighted by Crippen LogP contribution is -1.97. The Hall–Kier alpha value is -6.44. The van der Waals surface area contributed by atoms with Gasteiger partial charge in [0.15, 0.2) is 0 Å². The van der Waals surface area contributed by atoms with Gasteiger partial charge in [-0.2, -0.15) is 0 Å². The van der Waals surface area contributed by atoms with E-state index in [1.165, 1.54) is 0 Å². The monoisotopic (exact) mass is 554 g/mol. The minimum atomic E-state index is 0.866. The number of hydrogen-bond acceptors (Lipinski definition) is 0. The van der Waals surface area contributed by atoms with Crippen LogP contribution in [0.5, 0.6) is 0 Å². The van der Waals surface area contributed by atoms with Crippen molar-refractivity contribution in [2.75, 3.05) is 0 Å². The summed E-state index contributed by atoms with van der Waals surface area (Å²) in [5, 5.41) is 0. The van der Waals surface area contributed by atoms with Crippen molar-refractivity contribution in [3.8, 4) is 58.5 Å². The highest BCUT2D eigenvalue weighted by Crippen LogP contribution is 2.33. The molecule has 0 fully saturated rings. The zero-order valence-electron chi connectivity index (χ0n) is 24.0. The molecule has 0 radical (unpaired) electrons. The van der Waals surface area contributed by atoms with Gasteiger partial charge in [-0.25, -0.2) is 0 Å². The minimum absolute atomic E-state index is 0.866. The molecule has 0 atom stereocenters. The molecule has 0 unspecified atom stereocenters. The van der Waals surface area contributed by atoms with E-state index < -0.39 is 0 Å². The van der Waals surface area contributed by atoms with Crippen molar-refractivity contribution in [3.63, 3.8) is 0 Å². The van der Waals surface area contributed by atoms with E-state index in [1.807, 2.05) is 133 Å². The Balaban J connectivity index is 1.61. The van der Waals surface area contributed by atoms with Gasteiger partial charge in [0.05, 0.1) is 0 Å². The zero-order chi connectivity index (χ0) is 29.8. The lowest BCUT2D eigenvalue weighted by Gasteiger charge is -2.13. The average molecular weight is 555 g/mol. The second-order valence-electron chi connectivity index (χ2n) is 9.92. The van der Waals surface area contributed by atoms with Crippen LogP contribution in [0.2, 0.25) is 0 Å². The molecule has 202 valence electrons. The standard InChI is InChI=1S/C44H26/c1-5-15-35(16-6-1)27-31-39-23-13-24-40(32-28-36-17-7-2-8-18-36)43(39)44-41(33-29-37-19-9-3-10-20-37)25-14-26-42(44)34-30-38-21-11-4-12-22-38/h1-26H. The third-order valence-electron chi connectivity index (χ3n) is 6.84. The molecule has 0 heteroatoms. The van der Waals surface area contributed by atoms with Crippen LogP contribution in [0, 0.1) is 47.4 Å². The normalized spacial score (nSPS) is 9.55. The Morgan fingerprint density at radius 1 is 0.205 bits per heavy atom. The van der Waals surface area contributed by atoms with Gasteiger partial charge in [-0.3, -0.25) is 0 Å². The van der Waals surface area contributed by atoms with E-state index in [2.05, 4.69) is 71.6 Å². The quantitative estimate of drug-likeness (QED) is 0.178. The van der Waals surface area contributed by atoms with E-state index >= 15 is 0 Å². The Morgan fingerprint density at radius 3 is 0.659 bits per heavy atom. The lowest BCUT2D eigenvalue weighted by molar-refractivity contribution is 1.50. The summed E-state index contributed by atoms with van der Waals surface area (Å²) in [6, 6.07) is 52.3. The molecule has 0 heterocycles. The second-order valence-corrected chi connectivity index (χ2v) is 9.92. The van der Waals surface area contributed by atoms with E-state index in [1.54, 1.807) is 0 Å². The maximum Gasteiger partial charge on any atom is 0.0340 e. The Bertz CT molecular complexity index is 1830. The molecule has 0 aliphatic heterocycles. The first-order valence-corrected chi connectivity index (χ1v) is 14.4. The van der Waals surface area contributed by atoms with Crippen molar-refractivity contribution in [1.82, 2.24) is 0 Å². The van der Waals surface area contributed by atoms with Crippen LogP contribution in [0.1, 0.15) is 44.5 Å². The van der Waals surface area contributed by atoms with E-state index in [4.69, 9.17) is 0 Å². The zero-order valence-corrected chi connectivity index (χ0v) is 24.0. The molecule has 0 aliphatic rings. The second kappa shape index (κ2) is 14.0. The Labute approximate surface area is 260 Å². The van der Waals surface area contributed by atoms with Gasteiger partial charge < -0.3 is 0 Å². The van der Waals surface area contributed by atoms with Gasteiger partial charge >= 0.3 is 0 Å². The van der Waals surface area contributed by atoms with Crippen LogP contribution >= 0.6 is 0 Å². The third-order valence-corrected chi connectivity index (χ3v) is 6.84. The van der Waals surface area contributed by atoms with Gasteiger partial charge in [0.1, 0.15) is 0 Å². The molecular formula is C44H26. The SMILES string of the molecule is C(#Cc1cccc(C#Cc2ccccc2)c1-c1c(C#Cc2ccccc2)cccc1C#Cc1ccccc1)c1ccccc1. The summed E-state index contributed by atoms with van der Waals surface area (Å²) in [6.07, 6.45) is 0. The average Bonchev–Trinajstić information content (AvgIpc) is 3.10. The Kier molecular flexibility index (Phi) is 8.79. The molecule has 0 aliphatic carbocycles. The predicted octanol–water partition coefficient (Wildman–Crippen LogP) is 8.95. The van der Waals surface area contributed by atoms with Gasteiger partial charge in [-0.05, 0) is 72.8 Å². The van der Waals surface area contributed by atoms with Crippen molar-refractivity contribution in [2.45, 2.75) is 0 Å². The summed E-state index contributed by atoms with van der Waals surface area (Å²) in [5.74, 6) is 27.2. The topological polar surface area (TPSA) is 0 Å². The van der Waals surface area contributed by atoms with Gasteiger partial charge in [-0.15, -0.1) is 0 Å². The molecule has 6 rings (SSSR count). The molecule has 44 heavy (non-hydrogen) atoms. The number of hydrogen-bond donors (Lipinski definition) is 0. The fourth-order valence-corrected chi connectivity index (χ4v) is 4.70. The molecule has 0 bridgehead atoms. The molecule has 0 nitrogen and oxygen atoms in total. The maximum atomic E-state index is 3.45. The van der Waals surface area contributed by atoms with Crippen LogP contribution in [-0.4, -0.2) is 0 Å². The Morgan fingerprint density at radius 2 is 0.432 bits per heavy atom. The highest BCUT2D eigenvalue weighted by Gasteiger charge is 2.16. The molecule has 0 amide bonds. The van der Waals surface area contributed by atoms with Crippen LogP contribution in [0.15, 0.2) is 158 Å². The summed E-state index contributed by atoms with van der Waals surface area (Å²) in [7, 11) is 0. The third kappa shape index (κ3) is 7.06. The van der Waals surface area contributed by atoms with Gasteiger partial charge in [-0.1, -0.05) is 132 Å².